The Morgan fingerprint density at radius 3 is 2.57 bits per heavy atom. The molecule has 198 valence electrons. The summed E-state index contributed by atoms with van der Waals surface area (Å²) in [6, 6.07) is 1.69. The minimum absolute atomic E-state index is 0.000958. The molecule has 2 saturated carbocycles. The maximum atomic E-state index is 15.7. The number of aromatic nitrogens is 2. The quantitative estimate of drug-likeness (QED) is 0.516. The molecule has 2 aromatic rings. The lowest BCUT2D eigenvalue weighted by Crippen LogP contribution is -2.48. The number of anilines is 3. The van der Waals surface area contributed by atoms with Crippen molar-refractivity contribution in [2.24, 2.45) is 0 Å². The van der Waals surface area contributed by atoms with E-state index in [0.717, 1.165) is 55.5 Å². The molecule has 1 aromatic carbocycles. The summed E-state index contributed by atoms with van der Waals surface area (Å²) in [7, 11) is 5.03. The molecule has 1 aliphatic heterocycles. The summed E-state index contributed by atoms with van der Waals surface area (Å²) in [4.78, 5) is 25.3. The number of amides is 1. The van der Waals surface area contributed by atoms with Gasteiger partial charge in [0.15, 0.2) is 11.6 Å². The van der Waals surface area contributed by atoms with E-state index in [0.29, 0.717) is 30.6 Å². The van der Waals surface area contributed by atoms with Crippen LogP contribution in [-0.2, 0) is 11.3 Å². The third-order valence-electron chi connectivity index (χ3n) is 7.49. The molecule has 3 aliphatic rings. The van der Waals surface area contributed by atoms with Crippen molar-refractivity contribution in [1.29, 1.82) is 0 Å². The Hall–Kier alpha value is -3.56. The van der Waals surface area contributed by atoms with Gasteiger partial charge < -0.3 is 29.9 Å². The van der Waals surface area contributed by atoms with Crippen molar-refractivity contribution in [3.63, 3.8) is 0 Å². The fourth-order valence-electron chi connectivity index (χ4n) is 5.53. The molecule has 0 spiro atoms. The maximum Gasteiger partial charge on any atom is 0.243 e. The van der Waals surface area contributed by atoms with E-state index < -0.39 is 0 Å². The Balaban J connectivity index is 1.40. The molecule has 1 amide bonds. The lowest BCUT2D eigenvalue weighted by atomic mass is 9.90. The number of nitrogens with zero attached hydrogens (tertiary/aromatic N) is 4. The highest BCUT2D eigenvalue weighted by Crippen LogP contribution is 2.52. The standard InChI is InChI=1S/C27H35FN6O3/c1-5-22(35)30-18-8-6-7-9-19(18)31-27-29-13-17-14-34(15-33(2)26(17)32-27)25-23(16-10-11-16)20(36-3)12-21(37-4)24(25)28/h5,12-13,16,18-19H,1,6-11,14-15H2,2-4H3,(H,30,35)(H,29,31,32)/t18-,19+/m0/s1. The molecular formula is C27H35FN6O3. The summed E-state index contributed by atoms with van der Waals surface area (Å²) >= 11 is 0. The molecule has 0 saturated heterocycles. The first-order valence-electron chi connectivity index (χ1n) is 12.9. The third kappa shape index (κ3) is 5.01. The van der Waals surface area contributed by atoms with Gasteiger partial charge in [-0.05, 0) is 37.7 Å². The summed E-state index contributed by atoms with van der Waals surface area (Å²) in [6.45, 7) is 4.48. The number of fused-ring (bicyclic) bond motifs is 1. The van der Waals surface area contributed by atoms with Crippen molar-refractivity contribution in [3.05, 3.63) is 41.9 Å². The van der Waals surface area contributed by atoms with Crippen molar-refractivity contribution >= 4 is 23.4 Å². The Morgan fingerprint density at radius 1 is 1.16 bits per heavy atom. The van der Waals surface area contributed by atoms with E-state index in [1.54, 1.807) is 19.4 Å². The van der Waals surface area contributed by atoms with Crippen LogP contribution < -0.4 is 29.9 Å². The minimum atomic E-state index is -0.369. The summed E-state index contributed by atoms with van der Waals surface area (Å²) in [5.74, 6) is 1.90. The number of halogens is 1. The molecule has 2 fully saturated rings. The van der Waals surface area contributed by atoms with Crippen LogP contribution in [0.2, 0.25) is 0 Å². The number of carbonyl (C=O) groups excluding carboxylic acids is 1. The zero-order chi connectivity index (χ0) is 26.1. The van der Waals surface area contributed by atoms with E-state index in [4.69, 9.17) is 14.5 Å². The fourth-order valence-corrected chi connectivity index (χ4v) is 5.53. The highest BCUT2D eigenvalue weighted by atomic mass is 19.1. The number of rotatable bonds is 8. The van der Waals surface area contributed by atoms with Gasteiger partial charge in [-0.1, -0.05) is 19.4 Å². The second kappa shape index (κ2) is 10.4. The van der Waals surface area contributed by atoms with Gasteiger partial charge in [-0.3, -0.25) is 4.79 Å². The highest BCUT2D eigenvalue weighted by molar-refractivity contribution is 5.87. The van der Waals surface area contributed by atoms with E-state index in [1.807, 2.05) is 16.8 Å². The van der Waals surface area contributed by atoms with E-state index >= 15 is 4.39 Å². The monoisotopic (exact) mass is 510 g/mol. The lowest BCUT2D eigenvalue weighted by molar-refractivity contribution is -0.117. The Kier molecular flexibility index (Phi) is 7.08. The average molecular weight is 511 g/mol. The molecule has 0 unspecified atom stereocenters. The maximum absolute atomic E-state index is 15.7. The number of hydrogen-bond acceptors (Lipinski definition) is 8. The molecule has 10 heteroatoms. The van der Waals surface area contributed by atoms with Gasteiger partial charge in [0.25, 0.3) is 0 Å². The summed E-state index contributed by atoms with van der Waals surface area (Å²) < 4.78 is 26.7. The summed E-state index contributed by atoms with van der Waals surface area (Å²) in [5.41, 5.74) is 2.34. The van der Waals surface area contributed by atoms with Gasteiger partial charge in [-0.15, -0.1) is 0 Å². The first kappa shape index (κ1) is 25.1. The Bertz CT molecular complexity index is 1190. The van der Waals surface area contributed by atoms with Crippen molar-refractivity contribution < 1.29 is 18.7 Å². The summed E-state index contributed by atoms with van der Waals surface area (Å²) in [6.07, 6.45) is 9.11. The molecule has 9 nitrogen and oxygen atoms in total. The predicted octanol–water partition coefficient (Wildman–Crippen LogP) is 3.95. The Labute approximate surface area is 217 Å². The number of benzene rings is 1. The molecular weight excluding hydrogens is 475 g/mol. The number of ether oxygens (including phenoxy) is 2. The van der Waals surface area contributed by atoms with Crippen LogP contribution in [0.4, 0.5) is 21.8 Å². The second-order valence-corrected chi connectivity index (χ2v) is 10.1. The SMILES string of the molecule is C=CC(=O)N[C@H]1CCCC[C@H]1Nc1ncc2c(n1)N(C)CN(c1c(F)c(OC)cc(OC)c1C1CC1)C2. The van der Waals surface area contributed by atoms with Crippen LogP contribution in [0.25, 0.3) is 0 Å². The first-order chi connectivity index (χ1) is 17.9. The van der Waals surface area contributed by atoms with Crippen LogP contribution in [0.15, 0.2) is 24.9 Å². The molecule has 2 heterocycles. The predicted molar refractivity (Wildman–Crippen MR) is 141 cm³/mol. The van der Waals surface area contributed by atoms with Crippen molar-refractivity contribution in [1.82, 2.24) is 15.3 Å². The average Bonchev–Trinajstić information content (AvgIpc) is 3.75. The molecule has 37 heavy (non-hydrogen) atoms. The van der Waals surface area contributed by atoms with Gasteiger partial charge in [0.1, 0.15) is 11.6 Å². The van der Waals surface area contributed by atoms with Gasteiger partial charge in [0.05, 0.1) is 26.6 Å². The zero-order valence-corrected chi connectivity index (χ0v) is 21.7. The van der Waals surface area contributed by atoms with Gasteiger partial charge >= 0.3 is 0 Å². The van der Waals surface area contributed by atoms with E-state index in [-0.39, 0.29) is 35.5 Å². The zero-order valence-electron chi connectivity index (χ0n) is 21.7. The minimum Gasteiger partial charge on any atom is -0.496 e. The number of hydrogen-bond donors (Lipinski definition) is 2. The molecule has 0 radical (unpaired) electrons. The van der Waals surface area contributed by atoms with Gasteiger partial charge in [0.2, 0.25) is 11.9 Å². The van der Waals surface area contributed by atoms with Crippen molar-refractivity contribution in [2.45, 2.75) is 63.1 Å². The Morgan fingerprint density at radius 2 is 1.89 bits per heavy atom. The lowest BCUT2D eigenvalue weighted by Gasteiger charge is -2.38. The summed E-state index contributed by atoms with van der Waals surface area (Å²) in [5, 5.41) is 6.47. The molecule has 2 aliphatic carbocycles. The largest absolute Gasteiger partial charge is 0.496 e. The van der Waals surface area contributed by atoms with E-state index in [9.17, 15) is 4.79 Å². The van der Waals surface area contributed by atoms with E-state index in [2.05, 4.69) is 22.2 Å². The third-order valence-corrected chi connectivity index (χ3v) is 7.49. The van der Waals surface area contributed by atoms with Gasteiger partial charge in [0, 0.05) is 49.1 Å². The molecule has 2 atom stereocenters. The van der Waals surface area contributed by atoms with Crippen LogP contribution in [0.5, 0.6) is 11.5 Å². The van der Waals surface area contributed by atoms with Crippen molar-refractivity contribution in [2.75, 3.05) is 43.1 Å². The normalized spacial score (nSPS) is 21.2. The molecule has 5 rings (SSSR count). The van der Waals surface area contributed by atoms with Crippen molar-refractivity contribution in [3.8, 4) is 11.5 Å². The van der Waals surface area contributed by atoms with Crippen LogP contribution in [0.1, 0.15) is 55.6 Å². The second-order valence-electron chi connectivity index (χ2n) is 10.1. The smallest absolute Gasteiger partial charge is 0.243 e. The number of nitrogens with one attached hydrogen (secondary N) is 2. The van der Waals surface area contributed by atoms with E-state index in [1.165, 1.54) is 13.2 Å². The van der Waals surface area contributed by atoms with Gasteiger partial charge in [-0.2, -0.15) is 4.98 Å². The van der Waals surface area contributed by atoms with Crippen LogP contribution in [-0.4, -0.2) is 55.9 Å². The topological polar surface area (TPSA) is 91.8 Å². The fraction of sp³-hybridized carbons (Fsp3) is 0.519. The first-order valence-corrected chi connectivity index (χ1v) is 12.9. The molecule has 0 bridgehead atoms. The van der Waals surface area contributed by atoms with Crippen LogP contribution in [0, 0.1) is 5.82 Å². The number of methoxy groups -OCH3 is 2. The molecule has 2 N–H and O–H groups in total. The number of carbonyl (C=O) groups is 1. The van der Waals surface area contributed by atoms with Crippen LogP contribution in [0.3, 0.4) is 0 Å². The highest BCUT2D eigenvalue weighted by Gasteiger charge is 2.36. The van der Waals surface area contributed by atoms with Crippen LogP contribution >= 0.6 is 0 Å². The van der Waals surface area contributed by atoms with Gasteiger partial charge in [-0.25, -0.2) is 9.37 Å². The molecule has 1 aromatic heterocycles.